The molecule has 6 heteroatoms. The van der Waals surface area contributed by atoms with Crippen molar-refractivity contribution in [3.05, 3.63) is 29.8 Å². The minimum atomic E-state index is -0.513. The Kier molecular flexibility index (Phi) is 8.41. The van der Waals surface area contributed by atoms with Crippen LogP contribution in [0.4, 0.5) is 0 Å². The van der Waals surface area contributed by atoms with Gasteiger partial charge >= 0.3 is 0 Å². The zero-order chi connectivity index (χ0) is 19.8. The van der Waals surface area contributed by atoms with Gasteiger partial charge in [-0.2, -0.15) is 0 Å². The van der Waals surface area contributed by atoms with E-state index in [1.54, 1.807) is 0 Å². The summed E-state index contributed by atoms with van der Waals surface area (Å²) in [5.74, 6) is 0.607. The third-order valence-electron chi connectivity index (χ3n) is 6.01. The molecule has 2 N–H and O–H groups in total. The van der Waals surface area contributed by atoms with E-state index in [0.29, 0.717) is 12.2 Å². The molecule has 2 atom stereocenters. The zero-order valence-electron chi connectivity index (χ0n) is 16.7. The molecule has 1 aliphatic carbocycles. The summed E-state index contributed by atoms with van der Waals surface area (Å²) in [5, 5.41) is 13.1. The maximum absolute atomic E-state index is 12.8. The molecule has 2 unspecified atom stereocenters. The Labute approximate surface area is 182 Å². The van der Waals surface area contributed by atoms with Crippen molar-refractivity contribution in [2.75, 3.05) is 32.8 Å². The predicted octanol–water partition coefficient (Wildman–Crippen LogP) is 3.78. The van der Waals surface area contributed by atoms with Crippen LogP contribution < -0.4 is 10.1 Å². The van der Waals surface area contributed by atoms with Gasteiger partial charge in [0, 0.05) is 16.0 Å². The summed E-state index contributed by atoms with van der Waals surface area (Å²) in [6.07, 6.45) is 9.04. The number of hydrogen-bond donors (Lipinski definition) is 2. The van der Waals surface area contributed by atoms with Crippen LogP contribution in [0.15, 0.2) is 24.3 Å². The van der Waals surface area contributed by atoms with E-state index < -0.39 is 5.54 Å². The topological polar surface area (TPSA) is 61.8 Å². The second-order valence-corrected chi connectivity index (χ2v) is 9.62. The van der Waals surface area contributed by atoms with Crippen molar-refractivity contribution in [3.63, 3.8) is 0 Å². The lowest BCUT2D eigenvalue weighted by molar-refractivity contribution is 0.0784. The van der Waals surface area contributed by atoms with Crippen molar-refractivity contribution >= 4 is 28.5 Å². The number of aliphatic hydroxyl groups is 1. The van der Waals surface area contributed by atoms with Crippen LogP contribution in [0.3, 0.4) is 0 Å². The number of halogens is 1. The first kappa shape index (κ1) is 21.8. The molecule has 0 bridgehead atoms. The smallest absolute Gasteiger partial charge is 0.251 e. The molecule has 28 heavy (non-hydrogen) atoms. The fraction of sp³-hybridized carbons (Fsp3) is 0.682. The molecule has 1 aliphatic heterocycles. The molecule has 1 saturated carbocycles. The summed E-state index contributed by atoms with van der Waals surface area (Å²) in [6, 6.07) is 7.39. The minimum absolute atomic E-state index is 0.0148. The first-order valence-electron chi connectivity index (χ1n) is 10.7. The van der Waals surface area contributed by atoms with Gasteiger partial charge in [0.15, 0.2) is 0 Å². The summed E-state index contributed by atoms with van der Waals surface area (Å²) < 4.78 is 6.14. The Bertz CT molecular complexity index is 636. The molecule has 0 radical (unpaired) electrons. The molecule has 5 nitrogen and oxygen atoms in total. The molecule has 1 aromatic carbocycles. The Morgan fingerprint density at radius 3 is 2.82 bits per heavy atom. The average molecular weight is 500 g/mol. The molecule has 1 amide bonds. The standard InChI is InChI=1S/C22H33IN2O3/c23-20-10-2-3-11-22(20,17-26)24-21(27)18-8-6-9-19(16-18)28-15-7-14-25-12-4-1-5-13-25/h6,8-9,16,20,26H,1-5,7,10-15,17H2,(H,24,27). The number of carbonyl (C=O) groups is 1. The van der Waals surface area contributed by atoms with Gasteiger partial charge in [0.2, 0.25) is 0 Å². The summed E-state index contributed by atoms with van der Waals surface area (Å²) in [5.41, 5.74) is 0.0804. The van der Waals surface area contributed by atoms with Gasteiger partial charge in [0.25, 0.3) is 5.91 Å². The Morgan fingerprint density at radius 2 is 2.07 bits per heavy atom. The first-order valence-corrected chi connectivity index (χ1v) is 11.9. The molecule has 2 fully saturated rings. The number of hydrogen-bond acceptors (Lipinski definition) is 4. The molecule has 1 aromatic rings. The monoisotopic (exact) mass is 500 g/mol. The van der Waals surface area contributed by atoms with Gasteiger partial charge in [-0.25, -0.2) is 0 Å². The van der Waals surface area contributed by atoms with E-state index in [1.165, 1.54) is 32.4 Å². The Hall–Kier alpha value is -0.860. The normalized spacial score (nSPS) is 26.0. The second kappa shape index (κ2) is 10.8. The number of likely N-dealkylation sites (tertiary alicyclic amines) is 1. The highest BCUT2D eigenvalue weighted by atomic mass is 127. The second-order valence-electron chi connectivity index (χ2n) is 8.11. The van der Waals surface area contributed by atoms with Crippen molar-refractivity contribution in [1.29, 1.82) is 0 Å². The minimum Gasteiger partial charge on any atom is -0.494 e. The quantitative estimate of drug-likeness (QED) is 0.324. The van der Waals surface area contributed by atoms with Gasteiger partial charge in [-0.05, 0) is 63.4 Å². The largest absolute Gasteiger partial charge is 0.494 e. The van der Waals surface area contributed by atoms with Crippen LogP contribution >= 0.6 is 22.6 Å². The van der Waals surface area contributed by atoms with E-state index in [1.807, 2.05) is 24.3 Å². The van der Waals surface area contributed by atoms with Crippen LogP contribution in [-0.4, -0.2) is 58.2 Å². The summed E-state index contributed by atoms with van der Waals surface area (Å²) in [6.45, 7) is 4.15. The van der Waals surface area contributed by atoms with Crippen molar-refractivity contribution in [2.45, 2.75) is 60.8 Å². The summed E-state index contributed by atoms with van der Waals surface area (Å²) >= 11 is 2.37. The van der Waals surface area contributed by atoms with Crippen molar-refractivity contribution < 1.29 is 14.6 Å². The molecule has 1 saturated heterocycles. The highest BCUT2D eigenvalue weighted by molar-refractivity contribution is 14.1. The molecular formula is C22H33IN2O3. The predicted molar refractivity (Wildman–Crippen MR) is 120 cm³/mol. The number of ether oxygens (including phenoxy) is 1. The number of nitrogens with zero attached hydrogens (tertiary/aromatic N) is 1. The van der Waals surface area contributed by atoms with E-state index >= 15 is 0 Å². The van der Waals surface area contributed by atoms with Gasteiger partial charge < -0.3 is 20.1 Å². The molecule has 0 spiro atoms. The van der Waals surface area contributed by atoms with Gasteiger partial charge in [-0.1, -0.05) is 47.9 Å². The van der Waals surface area contributed by atoms with Crippen LogP contribution in [0.5, 0.6) is 5.75 Å². The lowest BCUT2D eigenvalue weighted by atomic mass is 9.82. The van der Waals surface area contributed by atoms with E-state index in [9.17, 15) is 9.90 Å². The van der Waals surface area contributed by atoms with Crippen LogP contribution in [0, 0.1) is 0 Å². The lowest BCUT2D eigenvalue weighted by Crippen LogP contribution is -2.58. The number of benzene rings is 1. The van der Waals surface area contributed by atoms with E-state index in [0.717, 1.165) is 44.4 Å². The van der Waals surface area contributed by atoms with Crippen LogP contribution in [0.25, 0.3) is 0 Å². The average Bonchev–Trinajstić information content (AvgIpc) is 2.74. The maximum Gasteiger partial charge on any atom is 0.251 e. The number of carbonyl (C=O) groups excluding carboxylic acids is 1. The fourth-order valence-corrected chi connectivity index (χ4v) is 5.35. The molecule has 156 valence electrons. The highest BCUT2D eigenvalue weighted by Gasteiger charge is 2.40. The number of alkyl halides is 1. The van der Waals surface area contributed by atoms with Gasteiger partial charge in [-0.15, -0.1) is 0 Å². The first-order chi connectivity index (χ1) is 13.6. The molecule has 3 rings (SSSR count). The third-order valence-corrected chi connectivity index (χ3v) is 7.82. The molecular weight excluding hydrogens is 467 g/mol. The van der Waals surface area contributed by atoms with Crippen molar-refractivity contribution in [3.8, 4) is 5.75 Å². The van der Waals surface area contributed by atoms with Gasteiger partial charge in [0.1, 0.15) is 5.75 Å². The summed E-state index contributed by atoms with van der Waals surface area (Å²) in [4.78, 5) is 15.3. The SMILES string of the molecule is O=C(NC1(CO)CCCCC1I)c1cccc(OCCCN2CCCCC2)c1. The Balaban J connectivity index is 1.51. The fourth-order valence-electron chi connectivity index (χ4n) is 4.24. The number of aliphatic hydroxyl groups excluding tert-OH is 1. The number of nitrogens with one attached hydrogen (secondary N) is 1. The zero-order valence-corrected chi connectivity index (χ0v) is 18.8. The molecule has 0 aromatic heterocycles. The van der Waals surface area contributed by atoms with Gasteiger partial charge in [0.05, 0.1) is 18.8 Å². The van der Waals surface area contributed by atoms with E-state index in [2.05, 4.69) is 32.8 Å². The Morgan fingerprint density at radius 1 is 1.25 bits per heavy atom. The highest BCUT2D eigenvalue weighted by Crippen LogP contribution is 2.34. The van der Waals surface area contributed by atoms with Crippen molar-refractivity contribution in [1.82, 2.24) is 10.2 Å². The maximum atomic E-state index is 12.8. The summed E-state index contributed by atoms with van der Waals surface area (Å²) in [7, 11) is 0. The van der Waals surface area contributed by atoms with Crippen LogP contribution in [0.1, 0.15) is 61.7 Å². The van der Waals surface area contributed by atoms with Crippen LogP contribution in [0.2, 0.25) is 0 Å². The van der Waals surface area contributed by atoms with Gasteiger partial charge in [-0.3, -0.25) is 4.79 Å². The lowest BCUT2D eigenvalue weighted by Gasteiger charge is -2.40. The molecule has 1 heterocycles. The number of piperidine rings is 1. The van der Waals surface area contributed by atoms with Crippen molar-refractivity contribution in [2.24, 2.45) is 0 Å². The van der Waals surface area contributed by atoms with E-state index in [4.69, 9.17) is 4.74 Å². The molecule has 2 aliphatic rings. The third kappa shape index (κ3) is 5.83. The number of rotatable bonds is 8. The van der Waals surface area contributed by atoms with Crippen LogP contribution in [-0.2, 0) is 0 Å². The van der Waals surface area contributed by atoms with E-state index in [-0.39, 0.29) is 16.4 Å². The number of amides is 1.